The summed E-state index contributed by atoms with van der Waals surface area (Å²) in [5, 5.41) is 0. The van der Waals surface area contributed by atoms with Crippen molar-refractivity contribution in [3.8, 4) is 0 Å². The van der Waals surface area contributed by atoms with Crippen LogP contribution in [0.3, 0.4) is 0 Å². The maximum absolute atomic E-state index is 3.48. The molecule has 0 N–H and O–H groups in total. The second-order valence-corrected chi connectivity index (χ2v) is 1.52. The molecule has 0 heteroatoms. The van der Waals surface area contributed by atoms with Crippen LogP contribution >= 0.6 is 0 Å². The Morgan fingerprint density at radius 2 is 1.62 bits per heavy atom. The van der Waals surface area contributed by atoms with Gasteiger partial charge in [0.25, 0.3) is 0 Å². The highest BCUT2D eigenvalue weighted by Crippen LogP contribution is 1.96. The Bertz CT molecular complexity index is 78.2. The molecule has 0 unspecified atom stereocenters. The fourth-order valence-corrected chi connectivity index (χ4v) is 0.118. The Morgan fingerprint density at radius 3 is 1.62 bits per heavy atom. The van der Waals surface area contributed by atoms with E-state index in [1.807, 2.05) is 12.2 Å². The summed E-state index contributed by atoms with van der Waals surface area (Å²) < 4.78 is 0. The molecule has 8 heavy (non-hydrogen) atoms. The lowest BCUT2D eigenvalue weighted by Crippen LogP contribution is -1.43. The zero-order chi connectivity index (χ0) is 6.24. The highest BCUT2D eigenvalue weighted by molar-refractivity contribution is 5.02. The molecular formula is C8H12. The summed E-state index contributed by atoms with van der Waals surface area (Å²) in [5.41, 5.74) is 0. The van der Waals surface area contributed by atoms with Crippen LogP contribution in [0.4, 0.5) is 0 Å². The second-order valence-electron chi connectivity index (χ2n) is 1.52. The predicted octanol–water partition coefficient (Wildman–Crippen LogP) is 2.69. The van der Waals surface area contributed by atoms with E-state index in [1.54, 1.807) is 0 Å². The SMILES string of the molecule is C1=CC1.C=CCC=C. The predicted molar refractivity (Wildman–Crippen MR) is 38.8 cm³/mol. The van der Waals surface area contributed by atoms with Crippen molar-refractivity contribution in [2.75, 3.05) is 0 Å². The van der Waals surface area contributed by atoms with E-state index in [0.29, 0.717) is 0 Å². The molecule has 44 valence electrons. The molecule has 1 aliphatic rings. The third-order valence-corrected chi connectivity index (χ3v) is 0.569. The lowest BCUT2D eigenvalue weighted by molar-refractivity contribution is 1.42. The first kappa shape index (κ1) is 7.22. The van der Waals surface area contributed by atoms with Gasteiger partial charge in [-0.25, -0.2) is 0 Å². The van der Waals surface area contributed by atoms with Gasteiger partial charge in [-0.3, -0.25) is 0 Å². The normalized spacial score (nSPS) is 11.0. The summed E-state index contributed by atoms with van der Waals surface area (Å²) in [5.74, 6) is 0. The molecule has 0 heterocycles. The monoisotopic (exact) mass is 108 g/mol. The van der Waals surface area contributed by atoms with Gasteiger partial charge in [0, 0.05) is 0 Å². The summed E-state index contributed by atoms with van der Waals surface area (Å²) in [6.45, 7) is 6.96. The summed E-state index contributed by atoms with van der Waals surface area (Å²) in [6.07, 6.45) is 10.0. The van der Waals surface area contributed by atoms with Crippen molar-refractivity contribution in [2.45, 2.75) is 12.8 Å². The Labute approximate surface area is 51.2 Å². The topological polar surface area (TPSA) is 0 Å². The van der Waals surface area contributed by atoms with Gasteiger partial charge in [-0.2, -0.15) is 0 Å². The molecule has 0 aromatic heterocycles. The molecule has 0 spiro atoms. The maximum Gasteiger partial charge on any atom is -0.0169 e. The number of allylic oxidation sites excluding steroid dienone is 4. The van der Waals surface area contributed by atoms with Gasteiger partial charge in [0.2, 0.25) is 0 Å². The molecule has 0 atom stereocenters. The lowest BCUT2D eigenvalue weighted by atomic mass is 10.4. The Hall–Kier alpha value is -0.780. The Kier molecular flexibility index (Phi) is 5.61. The van der Waals surface area contributed by atoms with Gasteiger partial charge in [-0.05, 0) is 12.8 Å². The van der Waals surface area contributed by atoms with Gasteiger partial charge in [-0.15, -0.1) is 13.2 Å². The van der Waals surface area contributed by atoms with Crippen LogP contribution in [0.1, 0.15) is 12.8 Å². The fraction of sp³-hybridized carbons (Fsp3) is 0.250. The van der Waals surface area contributed by atoms with Crippen LogP contribution in [-0.2, 0) is 0 Å². The van der Waals surface area contributed by atoms with E-state index in [9.17, 15) is 0 Å². The van der Waals surface area contributed by atoms with Crippen LogP contribution in [-0.4, -0.2) is 0 Å². The quantitative estimate of drug-likeness (QED) is 0.477. The fourth-order valence-electron chi connectivity index (χ4n) is 0.118. The first-order valence-electron chi connectivity index (χ1n) is 2.78. The van der Waals surface area contributed by atoms with E-state index < -0.39 is 0 Å². The zero-order valence-corrected chi connectivity index (χ0v) is 5.14. The minimum Gasteiger partial charge on any atom is -0.103 e. The third kappa shape index (κ3) is 18.9. The molecule has 0 saturated carbocycles. The van der Waals surface area contributed by atoms with E-state index in [1.165, 1.54) is 6.42 Å². The van der Waals surface area contributed by atoms with Crippen LogP contribution in [0, 0.1) is 0 Å². The third-order valence-electron chi connectivity index (χ3n) is 0.569. The molecule has 0 aromatic carbocycles. The van der Waals surface area contributed by atoms with Crippen molar-refractivity contribution in [3.05, 3.63) is 37.5 Å². The van der Waals surface area contributed by atoms with Crippen LogP contribution in [0.5, 0.6) is 0 Å². The molecule has 0 nitrogen and oxygen atoms in total. The van der Waals surface area contributed by atoms with E-state index in [0.717, 1.165) is 6.42 Å². The minimum absolute atomic E-state index is 0.917. The van der Waals surface area contributed by atoms with Gasteiger partial charge in [-0.1, -0.05) is 24.3 Å². The molecule has 0 fully saturated rings. The van der Waals surface area contributed by atoms with Gasteiger partial charge in [0.1, 0.15) is 0 Å². The van der Waals surface area contributed by atoms with Crippen LogP contribution in [0.15, 0.2) is 37.5 Å². The van der Waals surface area contributed by atoms with E-state index >= 15 is 0 Å². The summed E-state index contributed by atoms with van der Waals surface area (Å²) in [4.78, 5) is 0. The number of hydrogen-bond acceptors (Lipinski definition) is 0. The van der Waals surface area contributed by atoms with Gasteiger partial charge < -0.3 is 0 Å². The summed E-state index contributed by atoms with van der Waals surface area (Å²) in [6, 6.07) is 0. The highest BCUT2D eigenvalue weighted by atomic mass is 13.8. The van der Waals surface area contributed by atoms with Gasteiger partial charge in [0.05, 0.1) is 0 Å². The first-order chi connectivity index (χ1) is 3.91. The smallest absolute Gasteiger partial charge is 0.0169 e. The van der Waals surface area contributed by atoms with Crippen molar-refractivity contribution < 1.29 is 0 Å². The average molecular weight is 108 g/mol. The summed E-state index contributed by atoms with van der Waals surface area (Å²) in [7, 11) is 0. The molecule has 0 aliphatic heterocycles. The van der Waals surface area contributed by atoms with Crippen molar-refractivity contribution in [1.82, 2.24) is 0 Å². The average Bonchev–Trinajstić information content (AvgIpc) is 2.50. The Balaban J connectivity index is 0.000000135. The maximum atomic E-state index is 3.48. The standard InChI is InChI=1S/C5H8.C3H4/c1-3-5-4-2;1-2-3-1/h3-4H,1-2,5H2;1-2H,3H2. The molecule has 0 radical (unpaired) electrons. The molecule has 0 aromatic rings. The molecule has 0 bridgehead atoms. The van der Waals surface area contributed by atoms with Crippen LogP contribution in [0.25, 0.3) is 0 Å². The van der Waals surface area contributed by atoms with Crippen LogP contribution < -0.4 is 0 Å². The first-order valence-corrected chi connectivity index (χ1v) is 2.78. The zero-order valence-electron chi connectivity index (χ0n) is 5.14. The van der Waals surface area contributed by atoms with Crippen molar-refractivity contribution >= 4 is 0 Å². The van der Waals surface area contributed by atoms with E-state index in [2.05, 4.69) is 25.3 Å². The number of rotatable bonds is 2. The molecule has 0 saturated heterocycles. The van der Waals surface area contributed by atoms with Gasteiger partial charge in [0.15, 0.2) is 0 Å². The van der Waals surface area contributed by atoms with Gasteiger partial charge >= 0.3 is 0 Å². The van der Waals surface area contributed by atoms with Crippen LogP contribution in [0.2, 0.25) is 0 Å². The molecular weight excluding hydrogens is 96.1 g/mol. The highest BCUT2D eigenvalue weighted by Gasteiger charge is 1.75. The van der Waals surface area contributed by atoms with Crippen molar-refractivity contribution in [3.63, 3.8) is 0 Å². The van der Waals surface area contributed by atoms with E-state index in [-0.39, 0.29) is 0 Å². The van der Waals surface area contributed by atoms with Crippen molar-refractivity contribution in [2.24, 2.45) is 0 Å². The molecule has 1 aliphatic carbocycles. The molecule has 0 amide bonds. The Morgan fingerprint density at radius 1 is 1.25 bits per heavy atom. The largest absolute Gasteiger partial charge is 0.103 e. The lowest BCUT2D eigenvalue weighted by Gasteiger charge is -1.64. The number of hydrogen-bond donors (Lipinski definition) is 0. The second kappa shape index (κ2) is 6.22. The van der Waals surface area contributed by atoms with Crippen molar-refractivity contribution in [1.29, 1.82) is 0 Å². The minimum atomic E-state index is 0.917. The molecule has 1 rings (SSSR count). The van der Waals surface area contributed by atoms with E-state index in [4.69, 9.17) is 0 Å². The summed E-state index contributed by atoms with van der Waals surface area (Å²) >= 11 is 0.